The summed E-state index contributed by atoms with van der Waals surface area (Å²) in [6, 6.07) is 0. The molecule has 0 radical (unpaired) electrons. The van der Waals surface area contributed by atoms with Crippen LogP contribution in [-0.2, 0) is 9.53 Å². The largest absolute Gasteiger partial charge is 0.458 e. The summed E-state index contributed by atoms with van der Waals surface area (Å²) < 4.78 is 5.31. The molecule has 3 rings (SSSR count). The first kappa shape index (κ1) is 16.0. The lowest BCUT2D eigenvalue weighted by Gasteiger charge is -2.43. The molecule has 0 aromatic rings. The van der Waals surface area contributed by atoms with Crippen LogP contribution >= 0.6 is 0 Å². The average molecular weight is 310 g/mol. The first-order chi connectivity index (χ1) is 10.1. The van der Waals surface area contributed by atoms with E-state index in [9.17, 15) is 20.1 Å². The number of hydrogen-bond acceptors (Lipinski definition) is 5. The SMILES string of the molecule is C=C1[C@@H](OC(C)=O)C[C@H]2C[C@]3(C)[C@@H](O)C[C@@](C)(CO)[C@@H]3[C@@]12O. The highest BCUT2D eigenvalue weighted by atomic mass is 16.5. The summed E-state index contributed by atoms with van der Waals surface area (Å²) in [6.07, 6.45) is 0.629. The molecule has 0 aromatic carbocycles. The molecule has 3 saturated carbocycles. The van der Waals surface area contributed by atoms with Crippen LogP contribution in [0.3, 0.4) is 0 Å². The molecule has 3 aliphatic carbocycles. The lowest BCUT2D eigenvalue weighted by Crippen LogP contribution is -2.48. The average Bonchev–Trinajstić information content (AvgIpc) is 2.86. The number of carbonyl (C=O) groups excluding carboxylic acids is 1. The Hall–Kier alpha value is -0.910. The zero-order chi connectivity index (χ0) is 16.5. The first-order valence-electron chi connectivity index (χ1n) is 7.97. The maximum Gasteiger partial charge on any atom is 0.303 e. The van der Waals surface area contributed by atoms with E-state index in [4.69, 9.17) is 4.74 Å². The predicted molar refractivity (Wildman–Crippen MR) is 79.8 cm³/mol. The summed E-state index contributed by atoms with van der Waals surface area (Å²) in [5.41, 5.74) is -1.67. The van der Waals surface area contributed by atoms with Crippen LogP contribution < -0.4 is 0 Å². The third-order valence-electron chi connectivity index (χ3n) is 6.60. The van der Waals surface area contributed by atoms with Gasteiger partial charge in [-0.1, -0.05) is 20.4 Å². The van der Waals surface area contributed by atoms with Gasteiger partial charge in [-0.15, -0.1) is 0 Å². The van der Waals surface area contributed by atoms with E-state index in [2.05, 4.69) is 6.58 Å². The molecule has 3 aliphatic rings. The fourth-order valence-corrected chi connectivity index (χ4v) is 5.84. The quantitative estimate of drug-likeness (QED) is 0.523. The van der Waals surface area contributed by atoms with Crippen LogP contribution in [0.25, 0.3) is 0 Å². The minimum absolute atomic E-state index is 0.0924. The molecule has 3 N–H and O–H groups in total. The van der Waals surface area contributed by atoms with E-state index in [-0.39, 0.29) is 24.4 Å². The van der Waals surface area contributed by atoms with Crippen molar-refractivity contribution in [3.8, 4) is 0 Å². The molecule has 3 fully saturated rings. The van der Waals surface area contributed by atoms with Gasteiger partial charge in [0.05, 0.1) is 11.7 Å². The van der Waals surface area contributed by atoms with Crippen molar-refractivity contribution in [2.75, 3.05) is 6.61 Å². The third-order valence-corrected chi connectivity index (χ3v) is 6.60. The summed E-state index contributed by atoms with van der Waals surface area (Å²) in [7, 11) is 0. The Balaban J connectivity index is 2.02. The molecule has 0 saturated heterocycles. The smallest absolute Gasteiger partial charge is 0.303 e. The molecule has 0 unspecified atom stereocenters. The van der Waals surface area contributed by atoms with E-state index in [0.29, 0.717) is 24.8 Å². The van der Waals surface area contributed by atoms with Gasteiger partial charge in [0.25, 0.3) is 0 Å². The van der Waals surface area contributed by atoms with Crippen molar-refractivity contribution in [2.45, 2.75) is 57.8 Å². The molecule has 5 heteroatoms. The second-order valence-electron chi connectivity index (χ2n) is 8.06. The Morgan fingerprint density at radius 2 is 2.05 bits per heavy atom. The van der Waals surface area contributed by atoms with Crippen LogP contribution in [0.15, 0.2) is 12.2 Å². The number of fused-ring (bicyclic) bond motifs is 3. The normalized spacial score (nSPS) is 53.5. The van der Waals surface area contributed by atoms with Crippen molar-refractivity contribution < 1.29 is 24.9 Å². The highest BCUT2D eigenvalue weighted by Gasteiger charge is 2.74. The molecule has 0 amide bonds. The van der Waals surface area contributed by atoms with Crippen LogP contribution in [0.4, 0.5) is 0 Å². The molecule has 0 heterocycles. The predicted octanol–water partition coefficient (Wildman–Crippen LogP) is 1.01. The molecule has 0 spiro atoms. The highest BCUT2D eigenvalue weighted by Crippen LogP contribution is 2.71. The molecule has 5 nitrogen and oxygen atoms in total. The number of esters is 1. The third kappa shape index (κ3) is 1.73. The second kappa shape index (κ2) is 4.56. The first-order valence-corrected chi connectivity index (χ1v) is 7.97. The van der Waals surface area contributed by atoms with Gasteiger partial charge in [-0.3, -0.25) is 4.79 Å². The summed E-state index contributed by atoms with van der Waals surface area (Å²) in [5, 5.41) is 31.9. The van der Waals surface area contributed by atoms with Crippen LogP contribution in [0.2, 0.25) is 0 Å². The lowest BCUT2D eigenvalue weighted by molar-refractivity contribution is -0.144. The molecule has 22 heavy (non-hydrogen) atoms. The Morgan fingerprint density at radius 3 is 2.59 bits per heavy atom. The van der Waals surface area contributed by atoms with Crippen LogP contribution in [0.1, 0.15) is 40.0 Å². The van der Waals surface area contributed by atoms with Crippen molar-refractivity contribution in [3.63, 3.8) is 0 Å². The number of carbonyl (C=O) groups is 1. The minimum Gasteiger partial charge on any atom is -0.458 e. The topological polar surface area (TPSA) is 87.0 Å². The van der Waals surface area contributed by atoms with E-state index in [1.165, 1.54) is 6.92 Å². The van der Waals surface area contributed by atoms with E-state index < -0.39 is 28.6 Å². The number of ether oxygens (including phenoxy) is 1. The van der Waals surface area contributed by atoms with Gasteiger partial charge in [0.1, 0.15) is 6.10 Å². The minimum atomic E-state index is -1.19. The van der Waals surface area contributed by atoms with Gasteiger partial charge in [-0.05, 0) is 36.2 Å². The molecule has 0 bridgehead atoms. The van der Waals surface area contributed by atoms with Crippen molar-refractivity contribution >= 4 is 5.97 Å². The fraction of sp³-hybridized carbons (Fsp3) is 0.824. The van der Waals surface area contributed by atoms with Gasteiger partial charge in [-0.2, -0.15) is 0 Å². The second-order valence-corrected chi connectivity index (χ2v) is 8.06. The lowest BCUT2D eigenvalue weighted by atomic mass is 9.65. The molecular weight excluding hydrogens is 284 g/mol. The van der Waals surface area contributed by atoms with E-state index in [1.807, 2.05) is 13.8 Å². The summed E-state index contributed by atoms with van der Waals surface area (Å²) in [4.78, 5) is 11.3. The van der Waals surface area contributed by atoms with Crippen LogP contribution in [-0.4, -0.2) is 45.7 Å². The fourth-order valence-electron chi connectivity index (χ4n) is 5.84. The number of rotatable bonds is 2. The van der Waals surface area contributed by atoms with E-state index >= 15 is 0 Å². The van der Waals surface area contributed by atoms with Crippen molar-refractivity contribution in [3.05, 3.63) is 12.2 Å². The molecule has 124 valence electrons. The summed E-state index contributed by atoms with van der Waals surface area (Å²) in [5.74, 6) is -0.764. The molecular formula is C17H26O5. The number of aliphatic hydroxyl groups excluding tert-OH is 2. The Morgan fingerprint density at radius 1 is 1.41 bits per heavy atom. The van der Waals surface area contributed by atoms with Gasteiger partial charge >= 0.3 is 5.97 Å². The zero-order valence-electron chi connectivity index (χ0n) is 13.5. The Labute approximate surface area is 131 Å². The van der Waals surface area contributed by atoms with Gasteiger partial charge in [0.2, 0.25) is 0 Å². The Bertz CT molecular complexity index is 531. The van der Waals surface area contributed by atoms with Gasteiger partial charge < -0.3 is 20.1 Å². The zero-order valence-corrected chi connectivity index (χ0v) is 13.5. The molecule has 7 atom stereocenters. The highest BCUT2D eigenvalue weighted by molar-refractivity contribution is 5.66. The van der Waals surface area contributed by atoms with Crippen molar-refractivity contribution in [2.24, 2.45) is 22.7 Å². The number of aliphatic hydroxyl groups is 3. The van der Waals surface area contributed by atoms with Crippen LogP contribution in [0.5, 0.6) is 0 Å². The Kier molecular flexibility index (Phi) is 3.31. The van der Waals surface area contributed by atoms with Gasteiger partial charge in [-0.25, -0.2) is 0 Å². The van der Waals surface area contributed by atoms with Gasteiger partial charge in [0, 0.05) is 24.9 Å². The van der Waals surface area contributed by atoms with Gasteiger partial charge in [0.15, 0.2) is 0 Å². The van der Waals surface area contributed by atoms with Crippen molar-refractivity contribution in [1.29, 1.82) is 0 Å². The van der Waals surface area contributed by atoms with E-state index in [0.717, 1.165) is 0 Å². The summed E-state index contributed by atoms with van der Waals surface area (Å²) in [6.45, 7) is 9.20. The molecule has 0 aliphatic heterocycles. The van der Waals surface area contributed by atoms with Crippen LogP contribution in [0, 0.1) is 22.7 Å². The summed E-state index contributed by atoms with van der Waals surface area (Å²) >= 11 is 0. The standard InChI is InChI=1S/C17H26O5/c1-9-12(22-10(2)19)5-11-6-16(4)13(20)7-15(3,8-18)14(16)17(9,11)21/h11-14,18,20-21H,1,5-8H2,2-4H3/t11-,12-,13-,14-,15-,16+,17+/m0/s1. The van der Waals surface area contributed by atoms with Crippen molar-refractivity contribution in [1.82, 2.24) is 0 Å². The van der Waals surface area contributed by atoms with E-state index in [1.54, 1.807) is 0 Å². The maximum absolute atomic E-state index is 11.5. The molecule has 0 aromatic heterocycles. The number of hydrogen-bond donors (Lipinski definition) is 3. The monoisotopic (exact) mass is 310 g/mol. The maximum atomic E-state index is 11.5.